The third-order valence-corrected chi connectivity index (χ3v) is 5.29. The average molecular weight is 398 g/mol. The van der Waals surface area contributed by atoms with Crippen LogP contribution in [0.25, 0.3) is 0 Å². The van der Waals surface area contributed by atoms with Crippen LogP contribution in [0.15, 0.2) is 18.3 Å². The molecule has 2 atom stereocenters. The monoisotopic (exact) mass is 398 g/mol. The fraction of sp³-hybridized carbons (Fsp3) is 0.650. The van der Waals surface area contributed by atoms with Gasteiger partial charge < -0.3 is 9.64 Å². The van der Waals surface area contributed by atoms with Gasteiger partial charge in [-0.25, -0.2) is 4.79 Å². The number of rotatable bonds is 2. The Labute approximate surface area is 162 Å². The maximum Gasteiger partial charge on any atom is 0.416 e. The van der Waals surface area contributed by atoms with Crippen LogP contribution in [0.1, 0.15) is 68.9 Å². The highest BCUT2D eigenvalue weighted by Crippen LogP contribution is 2.39. The van der Waals surface area contributed by atoms with Crippen LogP contribution >= 0.6 is 0 Å². The van der Waals surface area contributed by atoms with Gasteiger partial charge in [0.05, 0.1) is 5.56 Å². The van der Waals surface area contributed by atoms with E-state index in [0.29, 0.717) is 12.8 Å². The quantitative estimate of drug-likeness (QED) is 0.668. The highest BCUT2D eigenvalue weighted by molar-refractivity contribution is 5.96. The molecule has 3 rings (SSSR count). The fourth-order valence-electron chi connectivity index (χ4n) is 4.16. The molecule has 0 aliphatic carbocycles. The molecule has 3 heterocycles. The second-order valence-electron chi connectivity index (χ2n) is 8.59. The summed E-state index contributed by atoms with van der Waals surface area (Å²) in [5.41, 5.74) is -1.65. The van der Waals surface area contributed by atoms with Gasteiger partial charge in [0.2, 0.25) is 0 Å². The van der Waals surface area contributed by atoms with Crippen molar-refractivity contribution in [2.24, 2.45) is 5.92 Å². The van der Waals surface area contributed by atoms with Crippen LogP contribution in [0, 0.1) is 5.92 Å². The number of pyridine rings is 1. The average Bonchev–Trinajstić information content (AvgIpc) is 2.57. The normalized spacial score (nSPS) is 25.4. The van der Waals surface area contributed by atoms with Crippen LogP contribution in [0.3, 0.4) is 0 Å². The van der Waals surface area contributed by atoms with Crippen molar-refractivity contribution in [1.82, 2.24) is 9.88 Å². The van der Waals surface area contributed by atoms with E-state index in [-0.39, 0.29) is 29.7 Å². The third kappa shape index (κ3) is 4.47. The summed E-state index contributed by atoms with van der Waals surface area (Å²) in [4.78, 5) is 31.1. The molecule has 0 saturated carbocycles. The number of hydrogen-bond acceptors (Lipinski definition) is 4. The Balaban J connectivity index is 1.77. The van der Waals surface area contributed by atoms with Gasteiger partial charge in [0.15, 0.2) is 5.78 Å². The van der Waals surface area contributed by atoms with Crippen molar-refractivity contribution in [2.45, 2.75) is 76.7 Å². The van der Waals surface area contributed by atoms with E-state index in [1.54, 1.807) is 25.7 Å². The Morgan fingerprint density at radius 3 is 2.29 bits per heavy atom. The molecular weight excluding hydrogens is 373 g/mol. The molecule has 28 heavy (non-hydrogen) atoms. The standard InChI is InChI=1S/C20H25F3N2O3/c1-19(2,3)28-18(27)25-14-5-4-6-15(25)10-12(9-14)17(26)16-11-13(7-8-24-16)20(21,22)23/h7-8,11-12,14-15H,4-6,9-10H2,1-3H3. The zero-order chi connectivity index (χ0) is 20.7. The van der Waals surface area contributed by atoms with Gasteiger partial charge in [-0.05, 0) is 65.0 Å². The maximum atomic E-state index is 12.9. The number of aromatic nitrogens is 1. The number of hydrogen-bond donors (Lipinski definition) is 0. The van der Waals surface area contributed by atoms with Gasteiger partial charge in [0.1, 0.15) is 11.3 Å². The van der Waals surface area contributed by atoms with Gasteiger partial charge in [0, 0.05) is 24.2 Å². The molecule has 2 bridgehead atoms. The van der Waals surface area contributed by atoms with Crippen LogP contribution in [-0.2, 0) is 10.9 Å². The van der Waals surface area contributed by atoms with E-state index in [2.05, 4.69) is 4.98 Å². The summed E-state index contributed by atoms with van der Waals surface area (Å²) in [6.07, 6.45) is -0.562. The minimum Gasteiger partial charge on any atom is -0.444 e. The molecule has 0 aromatic carbocycles. The summed E-state index contributed by atoms with van der Waals surface area (Å²) < 4.78 is 44.3. The number of Topliss-reactive ketones (excluding diaryl/α,β-unsaturated/α-hetero) is 1. The molecule has 1 aromatic heterocycles. The second kappa shape index (κ2) is 7.37. The number of carbonyl (C=O) groups excluding carboxylic acids is 2. The van der Waals surface area contributed by atoms with Gasteiger partial charge >= 0.3 is 12.3 Å². The highest BCUT2D eigenvalue weighted by Gasteiger charge is 2.45. The van der Waals surface area contributed by atoms with Crippen molar-refractivity contribution in [3.8, 4) is 0 Å². The predicted octanol–water partition coefficient (Wildman–Crippen LogP) is 4.85. The lowest BCUT2D eigenvalue weighted by Crippen LogP contribution is -2.56. The van der Waals surface area contributed by atoms with Crippen molar-refractivity contribution in [1.29, 1.82) is 0 Å². The first kappa shape index (κ1) is 20.6. The Morgan fingerprint density at radius 2 is 1.75 bits per heavy atom. The maximum absolute atomic E-state index is 12.9. The summed E-state index contributed by atoms with van der Waals surface area (Å²) in [5, 5.41) is 0. The topological polar surface area (TPSA) is 59.5 Å². The van der Waals surface area contributed by atoms with Gasteiger partial charge in [0.25, 0.3) is 0 Å². The van der Waals surface area contributed by atoms with Crippen molar-refractivity contribution >= 4 is 11.9 Å². The molecule has 8 heteroatoms. The van der Waals surface area contributed by atoms with Crippen molar-refractivity contribution in [3.05, 3.63) is 29.6 Å². The number of piperidine rings is 2. The lowest BCUT2D eigenvalue weighted by Gasteiger charge is -2.48. The third-order valence-electron chi connectivity index (χ3n) is 5.29. The lowest BCUT2D eigenvalue weighted by molar-refractivity contribution is -0.137. The van der Waals surface area contributed by atoms with Crippen LogP contribution < -0.4 is 0 Å². The molecular formula is C20H25F3N2O3. The summed E-state index contributed by atoms with van der Waals surface area (Å²) in [7, 11) is 0. The number of fused-ring (bicyclic) bond motifs is 2. The van der Waals surface area contributed by atoms with Crippen LogP contribution in [0.2, 0.25) is 0 Å². The summed E-state index contributed by atoms with van der Waals surface area (Å²) in [6.45, 7) is 5.41. The van der Waals surface area contributed by atoms with E-state index >= 15 is 0 Å². The van der Waals surface area contributed by atoms with Crippen molar-refractivity contribution in [2.75, 3.05) is 0 Å². The van der Waals surface area contributed by atoms with E-state index in [1.807, 2.05) is 0 Å². The van der Waals surface area contributed by atoms with Crippen LogP contribution in [0.5, 0.6) is 0 Å². The molecule has 1 amide bonds. The van der Waals surface area contributed by atoms with E-state index in [4.69, 9.17) is 4.74 Å². The predicted molar refractivity (Wildman–Crippen MR) is 95.8 cm³/mol. The first-order chi connectivity index (χ1) is 13.0. The number of alkyl halides is 3. The van der Waals surface area contributed by atoms with Gasteiger partial charge in [-0.15, -0.1) is 0 Å². The molecule has 1 aromatic rings. The SMILES string of the molecule is CC(C)(C)OC(=O)N1C2CCCC1CC(C(=O)c1cc(C(F)(F)F)ccn1)C2. The Hall–Kier alpha value is -2.12. The first-order valence-electron chi connectivity index (χ1n) is 9.54. The zero-order valence-electron chi connectivity index (χ0n) is 16.3. The summed E-state index contributed by atoms with van der Waals surface area (Å²) >= 11 is 0. The number of halogens is 3. The van der Waals surface area contributed by atoms with Gasteiger partial charge in [-0.3, -0.25) is 9.78 Å². The number of ketones is 1. The Morgan fingerprint density at radius 1 is 1.14 bits per heavy atom. The molecule has 0 radical (unpaired) electrons. The van der Waals surface area contributed by atoms with E-state index in [0.717, 1.165) is 37.6 Å². The number of amides is 1. The molecule has 2 unspecified atom stereocenters. The molecule has 0 N–H and O–H groups in total. The molecule has 2 aliphatic heterocycles. The summed E-state index contributed by atoms with van der Waals surface area (Å²) in [6, 6.07) is 1.40. The van der Waals surface area contributed by atoms with Crippen molar-refractivity contribution < 1.29 is 27.5 Å². The number of nitrogens with zero attached hydrogens (tertiary/aromatic N) is 2. The van der Waals surface area contributed by atoms with Crippen LogP contribution in [0.4, 0.5) is 18.0 Å². The Bertz CT molecular complexity index is 744. The van der Waals surface area contributed by atoms with Gasteiger partial charge in [-0.1, -0.05) is 0 Å². The minimum atomic E-state index is -4.52. The van der Waals surface area contributed by atoms with E-state index in [1.165, 1.54) is 0 Å². The Kier molecular flexibility index (Phi) is 5.42. The summed E-state index contributed by atoms with van der Waals surface area (Å²) in [5.74, 6) is -0.822. The number of ether oxygens (including phenoxy) is 1. The van der Waals surface area contributed by atoms with Crippen LogP contribution in [-0.4, -0.2) is 39.4 Å². The molecule has 2 aliphatic rings. The first-order valence-corrected chi connectivity index (χ1v) is 9.54. The highest BCUT2D eigenvalue weighted by atomic mass is 19.4. The molecule has 2 saturated heterocycles. The fourth-order valence-corrected chi connectivity index (χ4v) is 4.16. The molecule has 154 valence electrons. The largest absolute Gasteiger partial charge is 0.444 e. The second-order valence-corrected chi connectivity index (χ2v) is 8.59. The molecule has 0 spiro atoms. The lowest BCUT2D eigenvalue weighted by atomic mass is 9.76. The molecule has 5 nitrogen and oxygen atoms in total. The smallest absolute Gasteiger partial charge is 0.416 e. The van der Waals surface area contributed by atoms with Crippen molar-refractivity contribution in [3.63, 3.8) is 0 Å². The van der Waals surface area contributed by atoms with E-state index in [9.17, 15) is 22.8 Å². The number of carbonyl (C=O) groups is 2. The zero-order valence-corrected chi connectivity index (χ0v) is 16.3. The van der Waals surface area contributed by atoms with E-state index < -0.39 is 23.3 Å². The minimum absolute atomic E-state index is 0.137. The van der Waals surface area contributed by atoms with Gasteiger partial charge in [-0.2, -0.15) is 13.2 Å². The molecule has 2 fully saturated rings.